The highest BCUT2D eigenvalue weighted by atomic mass is 32.2. The van der Waals surface area contributed by atoms with Gasteiger partial charge in [0.05, 0.1) is 10.5 Å². The number of rotatable bonds is 4. The minimum Gasteiger partial charge on any atom is -0.352 e. The smallest absolute Gasteiger partial charge is 0.352 e. The van der Waals surface area contributed by atoms with Gasteiger partial charge in [-0.1, -0.05) is 48.5 Å². The van der Waals surface area contributed by atoms with Crippen molar-refractivity contribution in [3.05, 3.63) is 78.5 Å². The molecule has 2 aromatic carbocycles. The van der Waals surface area contributed by atoms with E-state index in [4.69, 9.17) is 0 Å². The lowest BCUT2D eigenvalue weighted by molar-refractivity contribution is -0.137. The summed E-state index contributed by atoms with van der Waals surface area (Å²) >= 11 is 0. The Bertz CT molecular complexity index is 1250. The van der Waals surface area contributed by atoms with Crippen LogP contribution in [-0.4, -0.2) is 43.4 Å². The van der Waals surface area contributed by atoms with Crippen molar-refractivity contribution in [2.24, 2.45) is 5.92 Å². The third-order valence-corrected chi connectivity index (χ3v) is 8.40. The Balaban J connectivity index is 1.39. The third kappa shape index (κ3) is 4.00. The molecule has 2 fully saturated rings. The summed E-state index contributed by atoms with van der Waals surface area (Å²) in [5.41, 5.74) is 0.676. The molecule has 2 saturated heterocycles. The lowest BCUT2D eigenvalue weighted by atomic mass is 9.83. The van der Waals surface area contributed by atoms with E-state index in [-0.39, 0.29) is 17.5 Å². The summed E-state index contributed by atoms with van der Waals surface area (Å²) < 4.78 is 67.3. The zero-order valence-electron chi connectivity index (χ0n) is 17.6. The number of anilines is 1. The Kier molecular flexibility index (Phi) is 5.41. The van der Waals surface area contributed by atoms with Crippen LogP contribution in [0.15, 0.2) is 77.8 Å². The molecule has 5 rings (SSSR count). The molecule has 0 saturated carbocycles. The molecule has 2 aliphatic rings. The van der Waals surface area contributed by atoms with E-state index in [2.05, 4.69) is 4.98 Å². The van der Waals surface area contributed by atoms with Gasteiger partial charge in [0, 0.05) is 37.4 Å². The number of fused-ring (bicyclic) bond motifs is 1. The summed E-state index contributed by atoms with van der Waals surface area (Å²) in [5, 5.41) is 0. The molecule has 33 heavy (non-hydrogen) atoms. The molecule has 0 amide bonds. The first kappa shape index (κ1) is 21.9. The Morgan fingerprint density at radius 3 is 2.33 bits per heavy atom. The number of hydrogen-bond donors (Lipinski definition) is 0. The fourth-order valence-electron chi connectivity index (χ4n) is 4.66. The highest BCUT2D eigenvalue weighted by Crippen LogP contribution is 2.39. The maximum absolute atomic E-state index is 13.6. The molecular formula is C24H22F3N3O2S. The summed E-state index contributed by atoms with van der Waals surface area (Å²) in [4.78, 5) is 6.15. The quantitative estimate of drug-likeness (QED) is 0.553. The molecule has 3 aromatic rings. The fourth-order valence-corrected chi connectivity index (χ4v) is 6.35. The van der Waals surface area contributed by atoms with E-state index < -0.39 is 21.8 Å². The SMILES string of the molecule is O=S(=O)(c1ccccc1-c1ccccc1)N1CCC2CN(c3ccc(C(F)(F)F)cn3)C2C1. The number of alkyl halides is 3. The number of pyridine rings is 1. The lowest BCUT2D eigenvalue weighted by Gasteiger charge is -2.53. The molecule has 2 unspecified atom stereocenters. The maximum atomic E-state index is 13.6. The average Bonchev–Trinajstić information content (AvgIpc) is 2.80. The monoisotopic (exact) mass is 473 g/mol. The van der Waals surface area contributed by atoms with Crippen molar-refractivity contribution >= 4 is 15.8 Å². The third-order valence-electron chi connectivity index (χ3n) is 6.47. The highest BCUT2D eigenvalue weighted by Gasteiger charge is 2.46. The van der Waals surface area contributed by atoms with Crippen molar-refractivity contribution < 1.29 is 21.6 Å². The van der Waals surface area contributed by atoms with Gasteiger partial charge in [0.25, 0.3) is 0 Å². The molecule has 3 heterocycles. The van der Waals surface area contributed by atoms with Crippen LogP contribution < -0.4 is 4.90 Å². The van der Waals surface area contributed by atoms with Crippen molar-refractivity contribution in [1.29, 1.82) is 0 Å². The molecule has 9 heteroatoms. The minimum absolute atomic E-state index is 0.110. The van der Waals surface area contributed by atoms with Gasteiger partial charge in [-0.25, -0.2) is 13.4 Å². The van der Waals surface area contributed by atoms with Gasteiger partial charge in [-0.15, -0.1) is 0 Å². The van der Waals surface area contributed by atoms with Crippen LogP contribution in [-0.2, 0) is 16.2 Å². The molecule has 0 bridgehead atoms. The normalized spacial score (nSPS) is 21.4. The molecule has 0 N–H and O–H groups in total. The van der Waals surface area contributed by atoms with Crippen LogP contribution in [0.25, 0.3) is 11.1 Å². The van der Waals surface area contributed by atoms with Gasteiger partial charge in [-0.2, -0.15) is 17.5 Å². The molecule has 0 radical (unpaired) electrons. The van der Waals surface area contributed by atoms with E-state index in [0.717, 1.165) is 17.8 Å². The predicted octanol–water partition coefficient (Wildman–Crippen LogP) is 4.67. The summed E-state index contributed by atoms with van der Waals surface area (Å²) in [6.07, 6.45) is -2.91. The zero-order valence-corrected chi connectivity index (χ0v) is 18.4. The highest BCUT2D eigenvalue weighted by molar-refractivity contribution is 7.89. The number of piperidine rings is 1. The van der Waals surface area contributed by atoms with Gasteiger partial charge in [-0.3, -0.25) is 0 Å². The van der Waals surface area contributed by atoms with Crippen LogP contribution in [0.1, 0.15) is 12.0 Å². The van der Waals surface area contributed by atoms with Gasteiger partial charge in [0.15, 0.2) is 0 Å². The van der Waals surface area contributed by atoms with Gasteiger partial charge in [0.2, 0.25) is 10.0 Å². The van der Waals surface area contributed by atoms with Crippen molar-refractivity contribution in [2.75, 3.05) is 24.5 Å². The van der Waals surface area contributed by atoms with E-state index in [1.807, 2.05) is 41.3 Å². The molecule has 0 spiro atoms. The van der Waals surface area contributed by atoms with Crippen LogP contribution in [0.2, 0.25) is 0 Å². The Morgan fingerprint density at radius 2 is 1.64 bits per heavy atom. The van der Waals surface area contributed by atoms with E-state index in [1.165, 1.54) is 10.4 Å². The maximum Gasteiger partial charge on any atom is 0.417 e. The van der Waals surface area contributed by atoms with Gasteiger partial charge in [0.1, 0.15) is 5.82 Å². The molecule has 2 atom stereocenters. The first-order valence-corrected chi connectivity index (χ1v) is 12.1. The molecule has 0 aliphatic carbocycles. The molecule has 2 aliphatic heterocycles. The number of nitrogens with zero attached hydrogens (tertiary/aromatic N) is 3. The predicted molar refractivity (Wildman–Crippen MR) is 119 cm³/mol. The number of sulfonamides is 1. The largest absolute Gasteiger partial charge is 0.417 e. The van der Waals surface area contributed by atoms with Crippen LogP contribution >= 0.6 is 0 Å². The number of aromatic nitrogens is 1. The van der Waals surface area contributed by atoms with Crippen molar-refractivity contribution in [1.82, 2.24) is 9.29 Å². The summed E-state index contributed by atoms with van der Waals surface area (Å²) in [5.74, 6) is 0.734. The first-order valence-electron chi connectivity index (χ1n) is 10.7. The molecule has 5 nitrogen and oxygen atoms in total. The van der Waals surface area contributed by atoms with Crippen molar-refractivity contribution in [3.8, 4) is 11.1 Å². The second kappa shape index (κ2) is 8.14. The molecular weight excluding hydrogens is 451 g/mol. The van der Waals surface area contributed by atoms with E-state index in [1.54, 1.807) is 18.2 Å². The number of benzene rings is 2. The van der Waals surface area contributed by atoms with E-state index in [9.17, 15) is 21.6 Å². The standard InChI is InChI=1S/C24H22F3N3O2S/c25-24(26,27)19-10-11-23(28-14-19)30-15-18-12-13-29(16-21(18)30)33(31,32)22-9-5-4-8-20(22)17-6-2-1-3-7-17/h1-11,14,18,21H,12-13,15-16H2. The fraction of sp³-hybridized carbons (Fsp3) is 0.292. The lowest BCUT2D eigenvalue weighted by Crippen LogP contribution is -2.65. The number of halogens is 3. The Labute approximate surface area is 190 Å². The Morgan fingerprint density at radius 1 is 0.909 bits per heavy atom. The zero-order chi connectivity index (χ0) is 23.2. The van der Waals surface area contributed by atoms with Crippen LogP contribution in [0.4, 0.5) is 19.0 Å². The van der Waals surface area contributed by atoms with Gasteiger partial charge in [-0.05, 0) is 36.1 Å². The summed E-state index contributed by atoms with van der Waals surface area (Å²) in [6.45, 7) is 1.36. The second-order valence-electron chi connectivity index (χ2n) is 8.40. The molecule has 172 valence electrons. The first-order chi connectivity index (χ1) is 15.7. The van der Waals surface area contributed by atoms with E-state index in [0.29, 0.717) is 36.8 Å². The van der Waals surface area contributed by atoms with Crippen LogP contribution in [0, 0.1) is 5.92 Å². The Hall–Kier alpha value is -2.91. The molecule has 1 aromatic heterocycles. The second-order valence-corrected chi connectivity index (χ2v) is 10.3. The minimum atomic E-state index is -4.44. The van der Waals surface area contributed by atoms with Crippen molar-refractivity contribution in [3.63, 3.8) is 0 Å². The van der Waals surface area contributed by atoms with E-state index >= 15 is 0 Å². The average molecular weight is 474 g/mol. The summed E-state index contributed by atoms with van der Waals surface area (Å²) in [6, 6.07) is 18.6. The number of hydrogen-bond acceptors (Lipinski definition) is 4. The van der Waals surface area contributed by atoms with Gasteiger partial charge >= 0.3 is 6.18 Å². The summed E-state index contributed by atoms with van der Waals surface area (Å²) in [7, 11) is -3.76. The van der Waals surface area contributed by atoms with Gasteiger partial charge < -0.3 is 4.90 Å². The topological polar surface area (TPSA) is 53.5 Å². The van der Waals surface area contributed by atoms with Crippen LogP contribution in [0.5, 0.6) is 0 Å². The van der Waals surface area contributed by atoms with Crippen LogP contribution in [0.3, 0.4) is 0 Å². The van der Waals surface area contributed by atoms with Crippen molar-refractivity contribution in [2.45, 2.75) is 23.5 Å².